The molecule has 1 heterocycles. The topological polar surface area (TPSA) is 26.1 Å². The molecule has 0 radical (unpaired) electrons. The van der Waals surface area contributed by atoms with E-state index in [2.05, 4.69) is 0 Å². The van der Waals surface area contributed by atoms with Crippen LogP contribution in [0.5, 0.6) is 0 Å². The van der Waals surface area contributed by atoms with Gasteiger partial charge in [0.15, 0.2) is 11.8 Å². The van der Waals surface area contributed by atoms with Gasteiger partial charge in [0.1, 0.15) is 0 Å². The highest BCUT2D eigenvalue weighted by Crippen LogP contribution is 2.40. The molecule has 2 nitrogen and oxygen atoms in total. The molecule has 0 N–H and O–H groups in total. The quantitative estimate of drug-likeness (QED) is 0.354. The molecule has 0 atom stereocenters. The highest BCUT2D eigenvalue weighted by atomic mass is 16.5. The van der Waals surface area contributed by atoms with E-state index >= 15 is 0 Å². The molecule has 1 aliphatic carbocycles. The Bertz CT molecular complexity index is 158. The maximum Gasteiger partial charge on any atom is 0.173 e. The molecule has 1 spiro atoms. The lowest BCUT2D eigenvalue weighted by molar-refractivity contribution is -0.554. The fourth-order valence-electron chi connectivity index (χ4n) is 1.81. The second kappa shape index (κ2) is 1.49. The van der Waals surface area contributed by atoms with Crippen molar-refractivity contribution in [2.45, 2.75) is 37.6 Å². The molecule has 2 heteroatoms. The van der Waals surface area contributed by atoms with E-state index in [1.165, 1.54) is 11.2 Å². The summed E-state index contributed by atoms with van der Waals surface area (Å²) < 4.78 is 1.19. The van der Waals surface area contributed by atoms with Crippen LogP contribution in [0.25, 0.3) is 0 Å². The lowest BCUT2D eigenvalue weighted by atomic mass is 9.76. The molecule has 1 aliphatic heterocycles. The van der Waals surface area contributed by atoms with Crippen molar-refractivity contribution in [1.29, 1.82) is 0 Å². The summed E-state index contributed by atoms with van der Waals surface area (Å²) in [5.74, 6) is 0. The molecular weight excluding hydrogens is 114 g/mol. The minimum Gasteiger partial charge on any atom is -0.624 e. The first-order chi connectivity index (χ1) is 4.33. The van der Waals surface area contributed by atoms with Gasteiger partial charge < -0.3 is 5.21 Å². The van der Waals surface area contributed by atoms with Gasteiger partial charge in [-0.15, -0.1) is 0 Å². The average Bonchev–Trinajstić information content (AvgIpc) is 2.07. The molecular formula is C7H11NO. The predicted octanol–water partition coefficient (Wildman–Crippen LogP) is 1.28. The molecule has 0 amide bonds. The third-order valence-electron chi connectivity index (χ3n) is 2.66. The fraction of sp³-hybridized carbons (Fsp3) is 0.857. The van der Waals surface area contributed by atoms with Gasteiger partial charge in [0, 0.05) is 25.7 Å². The van der Waals surface area contributed by atoms with Crippen molar-refractivity contribution in [1.82, 2.24) is 0 Å². The Morgan fingerprint density at radius 2 is 2.11 bits per heavy atom. The van der Waals surface area contributed by atoms with Crippen molar-refractivity contribution in [2.24, 2.45) is 0 Å². The SMILES string of the molecule is [O-][N+]1=CCCC12CCC2. The number of hydrogen-bond donors (Lipinski definition) is 0. The Kier molecular flexibility index (Phi) is 0.875. The molecule has 9 heavy (non-hydrogen) atoms. The first-order valence-electron chi connectivity index (χ1n) is 3.63. The molecule has 0 saturated heterocycles. The van der Waals surface area contributed by atoms with Crippen LogP contribution in [-0.2, 0) is 0 Å². The smallest absolute Gasteiger partial charge is 0.173 e. The van der Waals surface area contributed by atoms with E-state index in [0.29, 0.717) is 0 Å². The van der Waals surface area contributed by atoms with Crippen molar-refractivity contribution in [3.63, 3.8) is 0 Å². The van der Waals surface area contributed by atoms with E-state index in [0.717, 1.165) is 25.7 Å². The lowest BCUT2D eigenvalue weighted by Crippen LogP contribution is -2.42. The average molecular weight is 125 g/mol. The zero-order valence-corrected chi connectivity index (χ0v) is 5.47. The van der Waals surface area contributed by atoms with Gasteiger partial charge in [-0.1, -0.05) is 0 Å². The first-order valence-corrected chi connectivity index (χ1v) is 3.63. The summed E-state index contributed by atoms with van der Waals surface area (Å²) in [5, 5.41) is 11.0. The second-order valence-electron chi connectivity index (χ2n) is 3.12. The zero-order chi connectivity index (χ0) is 6.32. The highest BCUT2D eigenvalue weighted by Gasteiger charge is 2.47. The molecule has 0 aromatic rings. The van der Waals surface area contributed by atoms with E-state index in [-0.39, 0.29) is 5.54 Å². The number of nitrogens with zero attached hydrogens (tertiary/aromatic N) is 1. The van der Waals surface area contributed by atoms with Crippen LogP contribution in [0.4, 0.5) is 0 Å². The van der Waals surface area contributed by atoms with Gasteiger partial charge in [-0.25, -0.2) is 4.74 Å². The largest absolute Gasteiger partial charge is 0.624 e. The fourth-order valence-corrected chi connectivity index (χ4v) is 1.81. The summed E-state index contributed by atoms with van der Waals surface area (Å²) in [5.41, 5.74) is 0.0972. The van der Waals surface area contributed by atoms with Gasteiger partial charge in [-0.2, -0.15) is 0 Å². The summed E-state index contributed by atoms with van der Waals surface area (Å²) >= 11 is 0. The molecule has 0 unspecified atom stereocenters. The van der Waals surface area contributed by atoms with Crippen molar-refractivity contribution < 1.29 is 4.74 Å². The molecule has 0 bridgehead atoms. The molecule has 1 saturated carbocycles. The standard InChI is InChI=1S/C7H11NO/c9-8-6-2-5-7(8)3-1-4-7/h6H,1-5H2. The molecule has 2 aliphatic rings. The van der Waals surface area contributed by atoms with Crippen molar-refractivity contribution in [3.05, 3.63) is 5.21 Å². The molecule has 50 valence electrons. The normalized spacial score (nSPS) is 30.0. The van der Waals surface area contributed by atoms with Gasteiger partial charge in [0.2, 0.25) is 0 Å². The van der Waals surface area contributed by atoms with Crippen molar-refractivity contribution in [3.8, 4) is 0 Å². The summed E-state index contributed by atoms with van der Waals surface area (Å²) in [6.07, 6.45) is 7.42. The maximum absolute atomic E-state index is 11.0. The Morgan fingerprint density at radius 1 is 1.33 bits per heavy atom. The molecule has 1 fully saturated rings. The summed E-state index contributed by atoms with van der Waals surface area (Å²) in [7, 11) is 0. The lowest BCUT2D eigenvalue weighted by Gasteiger charge is -2.35. The van der Waals surface area contributed by atoms with Crippen LogP contribution in [0.1, 0.15) is 32.1 Å². The van der Waals surface area contributed by atoms with Crippen LogP contribution in [0.2, 0.25) is 0 Å². The third-order valence-corrected chi connectivity index (χ3v) is 2.66. The third kappa shape index (κ3) is 0.533. The Morgan fingerprint density at radius 3 is 2.33 bits per heavy atom. The van der Waals surface area contributed by atoms with E-state index in [4.69, 9.17) is 0 Å². The highest BCUT2D eigenvalue weighted by molar-refractivity contribution is 5.54. The predicted molar refractivity (Wildman–Crippen MR) is 35.5 cm³/mol. The van der Waals surface area contributed by atoms with Crippen LogP contribution >= 0.6 is 0 Å². The van der Waals surface area contributed by atoms with Crippen LogP contribution in [0, 0.1) is 5.21 Å². The van der Waals surface area contributed by atoms with E-state index in [1.54, 1.807) is 6.21 Å². The van der Waals surface area contributed by atoms with Crippen LogP contribution in [0.15, 0.2) is 0 Å². The maximum atomic E-state index is 11.0. The zero-order valence-electron chi connectivity index (χ0n) is 5.47. The Hall–Kier alpha value is -0.530. The minimum absolute atomic E-state index is 0.0972. The molecule has 0 aromatic carbocycles. The first kappa shape index (κ1) is 5.27. The summed E-state index contributed by atoms with van der Waals surface area (Å²) in [6.45, 7) is 0. The van der Waals surface area contributed by atoms with Crippen LogP contribution < -0.4 is 0 Å². The number of hydrogen-bond acceptors (Lipinski definition) is 1. The van der Waals surface area contributed by atoms with Crippen LogP contribution in [-0.4, -0.2) is 16.5 Å². The Balaban J connectivity index is 2.20. The van der Waals surface area contributed by atoms with Gasteiger partial charge >= 0.3 is 0 Å². The molecule has 0 aromatic heterocycles. The van der Waals surface area contributed by atoms with E-state index in [9.17, 15) is 5.21 Å². The molecule has 2 rings (SSSR count). The van der Waals surface area contributed by atoms with E-state index < -0.39 is 0 Å². The van der Waals surface area contributed by atoms with Gasteiger partial charge in [0.25, 0.3) is 0 Å². The summed E-state index contributed by atoms with van der Waals surface area (Å²) in [6, 6.07) is 0. The van der Waals surface area contributed by atoms with E-state index in [1.807, 2.05) is 0 Å². The minimum atomic E-state index is 0.0972. The monoisotopic (exact) mass is 125 g/mol. The van der Waals surface area contributed by atoms with Gasteiger partial charge in [-0.3, -0.25) is 0 Å². The number of rotatable bonds is 0. The van der Waals surface area contributed by atoms with Gasteiger partial charge in [0.05, 0.1) is 0 Å². The second-order valence-corrected chi connectivity index (χ2v) is 3.12. The van der Waals surface area contributed by atoms with Gasteiger partial charge in [-0.05, 0) is 6.42 Å². The summed E-state index contributed by atoms with van der Waals surface area (Å²) in [4.78, 5) is 0. The van der Waals surface area contributed by atoms with Crippen molar-refractivity contribution in [2.75, 3.05) is 0 Å². The van der Waals surface area contributed by atoms with Crippen molar-refractivity contribution >= 4 is 6.21 Å². The van der Waals surface area contributed by atoms with Crippen LogP contribution in [0.3, 0.4) is 0 Å². The number of hydroxylamine groups is 1. The Labute approximate surface area is 54.8 Å².